The molecular weight excluding hydrogens is 421 g/mol. The molecule has 0 aliphatic heterocycles. The number of hydrogen-bond donors (Lipinski definition) is 2. The van der Waals surface area contributed by atoms with Crippen LogP contribution in [0.2, 0.25) is 0 Å². The Labute approximate surface area is 119 Å². The molecule has 0 fully saturated rings. The second-order valence-electron chi connectivity index (χ2n) is 1.03. The van der Waals surface area contributed by atoms with Crippen molar-refractivity contribution in [1.29, 1.82) is 0 Å². The summed E-state index contributed by atoms with van der Waals surface area (Å²) in [6, 6.07) is 0. The minimum absolute atomic E-state index is 0. The van der Waals surface area contributed by atoms with Crippen LogP contribution >= 0.6 is 34.1 Å². The zero-order chi connectivity index (χ0) is 8.78. The second-order valence-corrected chi connectivity index (χ2v) is 23.4. The van der Waals surface area contributed by atoms with Gasteiger partial charge in [-0.2, -0.15) is 0 Å². The Morgan fingerprint density at radius 3 is 1.42 bits per heavy atom. The van der Waals surface area contributed by atoms with Gasteiger partial charge in [0.1, 0.15) is 0 Å². The zero-order valence-corrected chi connectivity index (χ0v) is 13.1. The van der Waals surface area contributed by atoms with Crippen LogP contribution in [-0.2, 0) is 46.5 Å². The van der Waals surface area contributed by atoms with Crippen LogP contribution in [0.1, 0.15) is 0 Å². The van der Waals surface area contributed by atoms with Crippen molar-refractivity contribution in [2.45, 2.75) is 0 Å². The number of nitrogens with two attached hydrogens (primary N) is 1. The van der Waals surface area contributed by atoms with Crippen molar-refractivity contribution < 1.29 is 51.6 Å². The third kappa shape index (κ3) is 76.2. The van der Waals surface area contributed by atoms with Gasteiger partial charge in [-0.15, -0.1) is 0 Å². The average Bonchev–Trinajstić information content (AvgIpc) is 1.61. The molecule has 0 aliphatic carbocycles. The first kappa shape index (κ1) is 24.2. The smallest absolute Gasteiger partial charge is 0 e. The Hall–Kier alpha value is 2.89. The first-order valence-electron chi connectivity index (χ1n) is 1.95. The molecule has 0 amide bonds. The number of carboxylic acid groups (broad SMARTS) is 1. The van der Waals surface area contributed by atoms with Gasteiger partial charge in [0, 0.05) is 26.2 Å². The van der Waals surface area contributed by atoms with E-state index in [4.69, 9.17) is 39.2 Å². The maximum atomic E-state index is 9.24. The molecule has 0 saturated carbocycles. The molecule has 3 nitrogen and oxygen atoms in total. The van der Waals surface area contributed by atoms with Crippen LogP contribution in [0.5, 0.6) is 0 Å². The topological polar surface area (TPSA) is 63.3 Å². The monoisotopic (exact) mass is 425 g/mol. The molecule has 0 heterocycles. The molecule has 0 bridgehead atoms. The van der Waals surface area contributed by atoms with Gasteiger partial charge in [-0.05, 0) is 0 Å². The fourth-order valence-electron chi connectivity index (χ4n) is 0. The van der Waals surface area contributed by atoms with Gasteiger partial charge in [0.15, 0.2) is 17.4 Å². The van der Waals surface area contributed by atoms with Gasteiger partial charge in [0.25, 0.3) is 0 Å². The van der Waals surface area contributed by atoms with E-state index >= 15 is 0 Å². The van der Waals surface area contributed by atoms with Crippen LogP contribution in [0.15, 0.2) is 0 Å². The number of carbonyl (C=O) groups is 1. The van der Waals surface area contributed by atoms with Gasteiger partial charge in [-0.3, -0.25) is 4.79 Å². The third-order valence-corrected chi connectivity index (χ3v) is 0.175. The van der Waals surface area contributed by atoms with E-state index in [0.717, 1.165) is 0 Å². The van der Waals surface area contributed by atoms with Crippen molar-refractivity contribution in [2.75, 3.05) is 6.54 Å². The SMILES string of the molecule is NCC(=O)O.[AlH3].[Cl][Zr]([Cl])([Cl])[Cl].[Zr]. The van der Waals surface area contributed by atoms with Gasteiger partial charge in [0.05, 0.1) is 6.54 Å². The van der Waals surface area contributed by atoms with E-state index in [1.54, 1.807) is 0 Å². The van der Waals surface area contributed by atoms with E-state index < -0.39 is 21.5 Å². The minimum atomic E-state index is -3.29. The number of hydrogen-bond acceptors (Lipinski definition) is 2. The first-order valence-corrected chi connectivity index (χ1v) is 14.6. The van der Waals surface area contributed by atoms with Crippen LogP contribution < -0.4 is 5.73 Å². The molecule has 0 atom stereocenters. The van der Waals surface area contributed by atoms with E-state index in [2.05, 4.69) is 5.73 Å². The largest absolute Gasteiger partial charge is 0 e. The molecule has 3 N–H and O–H groups in total. The molecule has 0 aromatic rings. The van der Waals surface area contributed by atoms with Gasteiger partial charge >= 0.3 is 55.5 Å². The van der Waals surface area contributed by atoms with Crippen molar-refractivity contribution in [3.63, 3.8) is 0 Å². The van der Waals surface area contributed by atoms with Crippen LogP contribution in [0.4, 0.5) is 0 Å². The summed E-state index contributed by atoms with van der Waals surface area (Å²) >= 11 is -3.29. The van der Waals surface area contributed by atoms with E-state index in [1.807, 2.05) is 0 Å². The molecule has 0 aromatic carbocycles. The second kappa shape index (κ2) is 13.9. The molecule has 0 spiro atoms. The minimum Gasteiger partial charge on any atom is 0 e. The first-order chi connectivity index (χ1) is 4.27. The Morgan fingerprint density at radius 1 is 1.33 bits per heavy atom. The fraction of sp³-hybridized carbons (Fsp3) is 0.500. The third-order valence-electron chi connectivity index (χ3n) is 0.175. The Bertz CT molecular complexity index is 106. The van der Waals surface area contributed by atoms with E-state index in [0.29, 0.717) is 0 Å². The predicted octanol–water partition coefficient (Wildman–Crippen LogP) is 0.599. The molecule has 0 aromatic heterocycles. The molecule has 72 valence electrons. The van der Waals surface area contributed by atoms with Crippen molar-refractivity contribution in [1.82, 2.24) is 0 Å². The van der Waals surface area contributed by atoms with Gasteiger partial charge in [0.2, 0.25) is 0 Å². The molecule has 0 saturated heterocycles. The van der Waals surface area contributed by atoms with E-state index in [-0.39, 0.29) is 50.1 Å². The van der Waals surface area contributed by atoms with Crippen LogP contribution in [0.25, 0.3) is 0 Å². The Balaban J connectivity index is -0.0000000457. The van der Waals surface area contributed by atoms with E-state index in [9.17, 15) is 4.79 Å². The summed E-state index contributed by atoms with van der Waals surface area (Å²) in [7, 11) is 20.1. The number of halogens is 4. The Kier molecular flexibility index (Phi) is 28.0. The Morgan fingerprint density at radius 2 is 1.42 bits per heavy atom. The summed E-state index contributed by atoms with van der Waals surface area (Å²) in [4.78, 5) is 9.24. The summed E-state index contributed by atoms with van der Waals surface area (Å²) in [5, 5.41) is 7.60. The zero-order valence-electron chi connectivity index (χ0n) is 5.15. The maximum Gasteiger partial charge on any atom is 0 e. The van der Waals surface area contributed by atoms with Crippen molar-refractivity contribution in [2.24, 2.45) is 5.73 Å². The quantitative estimate of drug-likeness (QED) is 0.601. The van der Waals surface area contributed by atoms with Crippen LogP contribution in [0, 0.1) is 0 Å². The number of carboxylic acids is 1. The number of aliphatic carboxylic acids is 1. The molecule has 10 heteroatoms. The molecule has 0 aliphatic rings. The molecule has 0 rings (SSSR count). The maximum absolute atomic E-state index is 9.24. The summed E-state index contributed by atoms with van der Waals surface area (Å²) in [6.07, 6.45) is 0. The summed E-state index contributed by atoms with van der Waals surface area (Å²) in [5.74, 6) is -0.968. The summed E-state index contributed by atoms with van der Waals surface area (Å²) in [5.41, 5.74) is 4.57. The molecule has 12 heavy (non-hydrogen) atoms. The fourth-order valence-corrected chi connectivity index (χ4v) is 0. The van der Waals surface area contributed by atoms with Crippen molar-refractivity contribution >= 4 is 57.4 Å². The van der Waals surface area contributed by atoms with E-state index in [1.165, 1.54) is 0 Å². The van der Waals surface area contributed by atoms with Gasteiger partial charge in [-0.25, -0.2) is 0 Å². The van der Waals surface area contributed by atoms with Gasteiger partial charge in [-0.1, -0.05) is 0 Å². The van der Waals surface area contributed by atoms with Crippen molar-refractivity contribution in [3.05, 3.63) is 0 Å². The number of rotatable bonds is 1. The van der Waals surface area contributed by atoms with Crippen LogP contribution in [-0.4, -0.2) is 35.0 Å². The van der Waals surface area contributed by atoms with Gasteiger partial charge < -0.3 is 10.8 Å². The molecular formula is C2H8AlCl4NO2Zr2. The summed E-state index contributed by atoms with van der Waals surface area (Å²) in [6.45, 7) is -0.278. The summed E-state index contributed by atoms with van der Waals surface area (Å²) < 4.78 is 0. The molecule has 0 unspecified atom stereocenters. The predicted molar refractivity (Wildman–Crippen MR) is 50.0 cm³/mol. The van der Waals surface area contributed by atoms with Crippen molar-refractivity contribution in [3.8, 4) is 0 Å². The molecule has 0 radical (unpaired) electrons. The average molecular weight is 429 g/mol. The normalized spacial score (nSPS) is 8.08. The standard InChI is InChI=1S/C2H5NO2.Al.4ClH.2Zr.3H/c3-1-2(4)5;;;;;;;;;;/h1,3H2,(H,4,5);;4*1H;;;;;/q;;;;;;;+4;;;/p-4. The van der Waals surface area contributed by atoms with Crippen LogP contribution in [0.3, 0.4) is 0 Å².